The lowest BCUT2D eigenvalue weighted by Crippen LogP contribution is -2.37. The van der Waals surface area contributed by atoms with Crippen LogP contribution in [0.1, 0.15) is 10.4 Å². The monoisotopic (exact) mass is 414 g/mol. The molecule has 2 aromatic rings. The Morgan fingerprint density at radius 3 is 2.50 bits per heavy atom. The number of ether oxygens (including phenoxy) is 2. The predicted octanol–water partition coefficient (Wildman–Crippen LogP) is 4.39. The van der Waals surface area contributed by atoms with Gasteiger partial charge in [-0.1, -0.05) is 11.6 Å². The fourth-order valence-corrected chi connectivity index (χ4v) is 2.50. The minimum Gasteiger partial charge on any atom is -0.450 e. The van der Waals surface area contributed by atoms with Crippen molar-refractivity contribution in [3.05, 3.63) is 63.2 Å². The summed E-state index contributed by atoms with van der Waals surface area (Å²) in [6, 6.07) is 9.58. The molecule has 0 saturated carbocycles. The Kier molecular flexibility index (Phi) is 7.65. The van der Waals surface area contributed by atoms with Crippen LogP contribution in [0.5, 0.6) is 11.5 Å². The summed E-state index contributed by atoms with van der Waals surface area (Å²) in [4.78, 5) is 23.9. The number of carbonyl (C=O) groups is 1. The molecule has 28 heavy (non-hydrogen) atoms. The minimum atomic E-state index is -2.67. The number of rotatable bonds is 9. The third kappa shape index (κ3) is 5.86. The van der Waals surface area contributed by atoms with E-state index in [-0.39, 0.29) is 40.9 Å². The van der Waals surface area contributed by atoms with Crippen molar-refractivity contribution in [3.63, 3.8) is 0 Å². The molecule has 1 amide bonds. The van der Waals surface area contributed by atoms with Gasteiger partial charge in [0.15, 0.2) is 0 Å². The van der Waals surface area contributed by atoms with Gasteiger partial charge in [-0.05, 0) is 36.4 Å². The molecule has 10 heteroatoms. The number of benzene rings is 2. The summed E-state index contributed by atoms with van der Waals surface area (Å²) in [6.45, 7) is -0.563. The maximum atomic E-state index is 12.7. The zero-order valence-electron chi connectivity index (χ0n) is 14.8. The van der Waals surface area contributed by atoms with Gasteiger partial charge in [-0.25, -0.2) is 8.78 Å². The molecule has 0 saturated heterocycles. The molecular weight excluding hydrogens is 398 g/mol. The van der Waals surface area contributed by atoms with E-state index in [0.717, 1.165) is 11.0 Å². The molecule has 150 valence electrons. The Labute approximate surface area is 164 Å². The SMILES string of the molecule is COCCN(CC(F)F)C(=O)c1ccc(Oc2ccc(Cl)cc2[N+](=O)[O-])cc1. The van der Waals surface area contributed by atoms with E-state index in [1.807, 2.05) is 0 Å². The molecule has 0 bridgehead atoms. The first-order valence-electron chi connectivity index (χ1n) is 8.10. The fourth-order valence-electron chi connectivity index (χ4n) is 2.34. The third-order valence-corrected chi connectivity index (χ3v) is 3.89. The molecule has 0 fully saturated rings. The van der Waals surface area contributed by atoms with Crippen LogP contribution in [-0.4, -0.2) is 49.0 Å². The van der Waals surface area contributed by atoms with E-state index in [0.29, 0.717) is 0 Å². The molecule has 7 nitrogen and oxygen atoms in total. The lowest BCUT2D eigenvalue weighted by atomic mass is 10.2. The number of methoxy groups -OCH3 is 1. The zero-order chi connectivity index (χ0) is 20.7. The Morgan fingerprint density at radius 1 is 1.25 bits per heavy atom. The highest BCUT2D eigenvalue weighted by Crippen LogP contribution is 2.33. The maximum absolute atomic E-state index is 12.7. The van der Waals surface area contributed by atoms with Crippen LogP contribution in [0.4, 0.5) is 14.5 Å². The Bertz CT molecular complexity index is 833. The van der Waals surface area contributed by atoms with Crippen LogP contribution in [0, 0.1) is 10.1 Å². The van der Waals surface area contributed by atoms with Gasteiger partial charge in [0.05, 0.1) is 18.1 Å². The molecule has 0 aromatic heterocycles. The van der Waals surface area contributed by atoms with Crippen molar-refractivity contribution in [2.45, 2.75) is 6.43 Å². The van der Waals surface area contributed by atoms with Gasteiger partial charge in [0.25, 0.3) is 12.3 Å². The first kappa shape index (κ1) is 21.5. The summed E-state index contributed by atoms with van der Waals surface area (Å²) >= 11 is 5.76. The first-order valence-corrected chi connectivity index (χ1v) is 8.48. The summed E-state index contributed by atoms with van der Waals surface area (Å²) in [7, 11) is 1.41. The molecule has 2 aromatic carbocycles. The van der Waals surface area contributed by atoms with Gasteiger partial charge in [0.1, 0.15) is 5.75 Å². The average Bonchev–Trinajstić information content (AvgIpc) is 2.66. The summed E-state index contributed by atoms with van der Waals surface area (Å²) < 4.78 is 35.7. The van der Waals surface area contributed by atoms with Crippen LogP contribution < -0.4 is 4.74 Å². The summed E-state index contributed by atoms with van der Waals surface area (Å²) in [5.41, 5.74) is -0.134. The maximum Gasteiger partial charge on any atom is 0.313 e. The zero-order valence-corrected chi connectivity index (χ0v) is 15.6. The lowest BCUT2D eigenvalue weighted by molar-refractivity contribution is -0.385. The number of nitro benzene ring substituents is 1. The van der Waals surface area contributed by atoms with Crippen molar-refractivity contribution in [3.8, 4) is 11.5 Å². The van der Waals surface area contributed by atoms with Crippen LogP contribution in [0.25, 0.3) is 0 Å². The second-order valence-corrected chi connectivity index (χ2v) is 6.07. The largest absolute Gasteiger partial charge is 0.450 e. The Balaban J connectivity index is 2.16. The Morgan fingerprint density at radius 2 is 1.93 bits per heavy atom. The van der Waals surface area contributed by atoms with Crippen molar-refractivity contribution >= 4 is 23.2 Å². The standard InChI is InChI=1S/C18H17ClF2N2O5/c1-27-9-8-22(11-17(20)21)18(24)12-2-5-14(6-3-12)28-16-7-4-13(19)10-15(16)23(25)26/h2-7,10,17H,8-9,11H2,1H3. The number of halogens is 3. The number of hydrogen-bond acceptors (Lipinski definition) is 5. The van der Waals surface area contributed by atoms with Crippen molar-refractivity contribution in [2.24, 2.45) is 0 Å². The smallest absolute Gasteiger partial charge is 0.313 e. The van der Waals surface area contributed by atoms with Crippen molar-refractivity contribution in [2.75, 3.05) is 26.8 Å². The number of amides is 1. The van der Waals surface area contributed by atoms with Crippen LogP contribution >= 0.6 is 11.6 Å². The van der Waals surface area contributed by atoms with Crippen LogP contribution in [-0.2, 0) is 4.74 Å². The third-order valence-electron chi connectivity index (χ3n) is 3.66. The van der Waals surface area contributed by atoms with E-state index in [1.165, 1.54) is 43.5 Å². The summed E-state index contributed by atoms with van der Waals surface area (Å²) in [5, 5.41) is 11.3. The molecule has 0 aliphatic carbocycles. The molecule has 0 heterocycles. The van der Waals surface area contributed by atoms with Gasteiger partial charge in [0.2, 0.25) is 5.75 Å². The molecule has 0 N–H and O–H groups in total. The van der Waals surface area contributed by atoms with Crippen LogP contribution in [0.3, 0.4) is 0 Å². The molecule has 2 rings (SSSR count). The fraction of sp³-hybridized carbons (Fsp3) is 0.278. The lowest BCUT2D eigenvalue weighted by Gasteiger charge is -2.22. The molecular formula is C18H17ClF2N2O5. The van der Waals surface area contributed by atoms with E-state index >= 15 is 0 Å². The highest BCUT2D eigenvalue weighted by molar-refractivity contribution is 6.30. The highest BCUT2D eigenvalue weighted by atomic mass is 35.5. The quantitative estimate of drug-likeness (QED) is 0.449. The van der Waals surface area contributed by atoms with Crippen LogP contribution in [0.15, 0.2) is 42.5 Å². The van der Waals surface area contributed by atoms with Crippen molar-refractivity contribution in [1.29, 1.82) is 0 Å². The molecule has 0 aliphatic rings. The predicted molar refractivity (Wildman–Crippen MR) is 98.4 cm³/mol. The van der Waals surface area contributed by atoms with Gasteiger partial charge >= 0.3 is 5.69 Å². The molecule has 0 aliphatic heterocycles. The number of nitro groups is 1. The second kappa shape index (κ2) is 9.95. The molecule has 0 radical (unpaired) electrons. The summed E-state index contributed by atoms with van der Waals surface area (Å²) in [5.74, 6) is -0.367. The van der Waals surface area contributed by atoms with E-state index in [2.05, 4.69) is 0 Å². The Hall–Kier alpha value is -2.78. The molecule has 0 unspecified atom stereocenters. The van der Waals surface area contributed by atoms with Gasteiger partial charge < -0.3 is 14.4 Å². The number of hydrogen-bond donors (Lipinski definition) is 0. The number of carbonyl (C=O) groups excluding carboxylic acids is 1. The molecule has 0 atom stereocenters. The van der Waals surface area contributed by atoms with Gasteiger partial charge in [0, 0.05) is 30.3 Å². The first-order chi connectivity index (χ1) is 13.3. The summed E-state index contributed by atoms with van der Waals surface area (Å²) in [6.07, 6.45) is -2.67. The molecule has 0 spiro atoms. The van der Waals surface area contributed by atoms with Crippen molar-refractivity contribution in [1.82, 2.24) is 4.90 Å². The van der Waals surface area contributed by atoms with Crippen LogP contribution in [0.2, 0.25) is 5.02 Å². The normalized spacial score (nSPS) is 10.8. The topological polar surface area (TPSA) is 81.9 Å². The van der Waals surface area contributed by atoms with Gasteiger partial charge in [-0.2, -0.15) is 0 Å². The van der Waals surface area contributed by atoms with E-state index in [1.54, 1.807) is 0 Å². The second-order valence-electron chi connectivity index (χ2n) is 5.63. The van der Waals surface area contributed by atoms with Gasteiger partial charge in [-0.3, -0.25) is 14.9 Å². The number of nitrogens with zero attached hydrogens (tertiary/aromatic N) is 2. The highest BCUT2D eigenvalue weighted by Gasteiger charge is 2.20. The van der Waals surface area contributed by atoms with Crippen molar-refractivity contribution < 1.29 is 28.0 Å². The van der Waals surface area contributed by atoms with E-state index in [9.17, 15) is 23.7 Å². The van der Waals surface area contributed by atoms with E-state index < -0.39 is 23.8 Å². The van der Waals surface area contributed by atoms with E-state index in [4.69, 9.17) is 21.1 Å². The van der Waals surface area contributed by atoms with Gasteiger partial charge in [-0.15, -0.1) is 0 Å². The number of alkyl halides is 2. The average molecular weight is 415 g/mol. The minimum absolute atomic E-state index is 0.0205.